The molecule has 1 aliphatic rings. The summed E-state index contributed by atoms with van der Waals surface area (Å²) in [5.41, 5.74) is 0. The normalized spacial score (nSPS) is 23.9. The van der Waals surface area contributed by atoms with Gasteiger partial charge in [0.15, 0.2) is 5.96 Å². The zero-order chi connectivity index (χ0) is 15.5. The van der Waals surface area contributed by atoms with Gasteiger partial charge in [0.05, 0.1) is 0 Å². The number of nitrogens with zero attached hydrogens (tertiary/aromatic N) is 2. The first kappa shape index (κ1) is 18.0. The standard InChI is InChI=1S/C17H34N4/c1-5-9-19-17(18-6-2)20-10-7-8-11-21-13-15(3)12-16(4)14-21/h5,15-16H,1,6-14H2,2-4H3,(H2,18,19,20). The third-order valence-electron chi connectivity index (χ3n) is 3.85. The Morgan fingerprint density at radius 2 is 1.95 bits per heavy atom. The predicted molar refractivity (Wildman–Crippen MR) is 92.8 cm³/mol. The van der Waals surface area contributed by atoms with E-state index in [0.717, 1.165) is 43.9 Å². The van der Waals surface area contributed by atoms with E-state index >= 15 is 0 Å². The van der Waals surface area contributed by atoms with Crippen molar-refractivity contribution >= 4 is 5.96 Å². The van der Waals surface area contributed by atoms with Crippen LogP contribution in [0, 0.1) is 11.8 Å². The maximum absolute atomic E-state index is 4.59. The van der Waals surface area contributed by atoms with Crippen molar-refractivity contribution in [2.75, 3.05) is 39.3 Å². The second-order valence-corrected chi connectivity index (χ2v) is 6.34. The monoisotopic (exact) mass is 294 g/mol. The van der Waals surface area contributed by atoms with Gasteiger partial charge in [-0.25, -0.2) is 0 Å². The van der Waals surface area contributed by atoms with Crippen molar-refractivity contribution in [1.29, 1.82) is 0 Å². The van der Waals surface area contributed by atoms with Gasteiger partial charge in [-0.2, -0.15) is 0 Å². The summed E-state index contributed by atoms with van der Waals surface area (Å²) >= 11 is 0. The third kappa shape index (κ3) is 8.10. The van der Waals surface area contributed by atoms with E-state index in [1.54, 1.807) is 0 Å². The third-order valence-corrected chi connectivity index (χ3v) is 3.85. The molecule has 21 heavy (non-hydrogen) atoms. The minimum atomic E-state index is 0.759. The van der Waals surface area contributed by atoms with Crippen molar-refractivity contribution in [2.45, 2.75) is 40.0 Å². The molecule has 0 bridgehead atoms. The molecule has 1 fully saturated rings. The van der Waals surface area contributed by atoms with E-state index < -0.39 is 0 Å². The number of hydrogen-bond acceptors (Lipinski definition) is 2. The molecule has 0 saturated carbocycles. The molecule has 0 aromatic rings. The van der Waals surface area contributed by atoms with Crippen molar-refractivity contribution in [3.05, 3.63) is 12.7 Å². The molecule has 0 aromatic heterocycles. The topological polar surface area (TPSA) is 39.7 Å². The van der Waals surface area contributed by atoms with Crippen molar-refractivity contribution in [2.24, 2.45) is 16.8 Å². The molecule has 4 nitrogen and oxygen atoms in total. The lowest BCUT2D eigenvalue weighted by Crippen LogP contribution is -2.39. The summed E-state index contributed by atoms with van der Waals surface area (Å²) in [4.78, 5) is 7.22. The van der Waals surface area contributed by atoms with E-state index in [4.69, 9.17) is 0 Å². The van der Waals surface area contributed by atoms with Crippen LogP contribution in [0.3, 0.4) is 0 Å². The van der Waals surface area contributed by atoms with Crippen molar-refractivity contribution in [3.63, 3.8) is 0 Å². The Bertz CT molecular complexity index is 304. The van der Waals surface area contributed by atoms with Gasteiger partial charge in [-0.3, -0.25) is 4.99 Å². The van der Waals surface area contributed by atoms with Gasteiger partial charge in [0.25, 0.3) is 0 Å². The predicted octanol–water partition coefficient (Wildman–Crippen LogP) is 2.49. The lowest BCUT2D eigenvalue weighted by molar-refractivity contribution is 0.139. The first-order valence-electron chi connectivity index (χ1n) is 8.51. The number of rotatable bonds is 8. The number of unbranched alkanes of at least 4 members (excludes halogenated alkanes) is 1. The van der Waals surface area contributed by atoms with Crippen LogP contribution in [0.4, 0.5) is 0 Å². The summed E-state index contributed by atoms with van der Waals surface area (Å²) < 4.78 is 0. The SMILES string of the molecule is C=CCNC(=NCCCCN1CC(C)CC(C)C1)NCC. The fraction of sp³-hybridized carbons (Fsp3) is 0.824. The van der Waals surface area contributed by atoms with E-state index in [1.807, 2.05) is 6.08 Å². The fourth-order valence-corrected chi connectivity index (χ4v) is 3.12. The number of nitrogens with one attached hydrogen (secondary N) is 2. The van der Waals surface area contributed by atoms with Crippen LogP contribution in [0.15, 0.2) is 17.6 Å². The van der Waals surface area contributed by atoms with Crippen LogP contribution in [0.2, 0.25) is 0 Å². The van der Waals surface area contributed by atoms with Crippen LogP contribution in [-0.4, -0.2) is 50.1 Å². The van der Waals surface area contributed by atoms with Crippen LogP contribution in [0.5, 0.6) is 0 Å². The summed E-state index contributed by atoms with van der Waals surface area (Å²) in [5, 5.41) is 6.48. The second-order valence-electron chi connectivity index (χ2n) is 6.34. The lowest BCUT2D eigenvalue weighted by Gasteiger charge is -2.34. The molecule has 0 amide bonds. The first-order valence-corrected chi connectivity index (χ1v) is 8.51. The van der Waals surface area contributed by atoms with Crippen LogP contribution in [-0.2, 0) is 0 Å². The van der Waals surface area contributed by atoms with Crippen molar-refractivity contribution < 1.29 is 0 Å². The van der Waals surface area contributed by atoms with Gasteiger partial charge in [-0.15, -0.1) is 6.58 Å². The Morgan fingerprint density at radius 3 is 2.57 bits per heavy atom. The Balaban J connectivity index is 2.18. The van der Waals surface area contributed by atoms with Crippen molar-refractivity contribution in [3.8, 4) is 0 Å². The van der Waals surface area contributed by atoms with Gasteiger partial charge in [0.1, 0.15) is 0 Å². The highest BCUT2D eigenvalue weighted by molar-refractivity contribution is 5.79. The Morgan fingerprint density at radius 1 is 1.24 bits per heavy atom. The summed E-state index contributed by atoms with van der Waals surface area (Å²) in [7, 11) is 0. The summed E-state index contributed by atoms with van der Waals surface area (Å²) in [6.07, 6.45) is 5.64. The molecule has 1 saturated heterocycles. The van der Waals surface area contributed by atoms with E-state index in [1.165, 1.54) is 32.5 Å². The minimum absolute atomic E-state index is 0.759. The largest absolute Gasteiger partial charge is 0.357 e. The molecule has 1 heterocycles. The smallest absolute Gasteiger partial charge is 0.191 e. The van der Waals surface area contributed by atoms with Crippen molar-refractivity contribution in [1.82, 2.24) is 15.5 Å². The van der Waals surface area contributed by atoms with Gasteiger partial charge in [0, 0.05) is 32.7 Å². The molecule has 122 valence electrons. The lowest BCUT2D eigenvalue weighted by atomic mass is 9.92. The van der Waals surface area contributed by atoms with Crippen LogP contribution in [0.25, 0.3) is 0 Å². The molecule has 0 spiro atoms. The first-order chi connectivity index (χ1) is 10.2. The number of piperidine rings is 1. The molecule has 1 rings (SSSR count). The summed E-state index contributed by atoms with van der Waals surface area (Å²) in [6.45, 7) is 16.9. The molecule has 0 radical (unpaired) electrons. The zero-order valence-corrected chi connectivity index (χ0v) is 14.2. The number of likely N-dealkylation sites (tertiary alicyclic amines) is 1. The maximum Gasteiger partial charge on any atom is 0.191 e. The molecular formula is C17H34N4. The molecule has 2 N–H and O–H groups in total. The highest BCUT2D eigenvalue weighted by atomic mass is 15.2. The van der Waals surface area contributed by atoms with Crippen LogP contribution < -0.4 is 10.6 Å². The highest BCUT2D eigenvalue weighted by Crippen LogP contribution is 2.20. The Hall–Kier alpha value is -1.03. The molecule has 0 aliphatic carbocycles. The number of aliphatic imine (C=N–C) groups is 1. The van der Waals surface area contributed by atoms with Gasteiger partial charge >= 0.3 is 0 Å². The average Bonchev–Trinajstić information content (AvgIpc) is 2.43. The van der Waals surface area contributed by atoms with Gasteiger partial charge in [-0.05, 0) is 44.6 Å². The zero-order valence-electron chi connectivity index (χ0n) is 14.2. The van der Waals surface area contributed by atoms with Gasteiger partial charge < -0.3 is 15.5 Å². The minimum Gasteiger partial charge on any atom is -0.357 e. The van der Waals surface area contributed by atoms with E-state index in [0.29, 0.717) is 0 Å². The Kier molecular flexibility index (Phi) is 9.15. The van der Waals surface area contributed by atoms with E-state index in [2.05, 4.69) is 47.9 Å². The van der Waals surface area contributed by atoms with Crippen LogP contribution >= 0.6 is 0 Å². The molecule has 4 heteroatoms. The van der Waals surface area contributed by atoms with E-state index in [-0.39, 0.29) is 0 Å². The van der Waals surface area contributed by atoms with Gasteiger partial charge in [0.2, 0.25) is 0 Å². The number of hydrogen-bond donors (Lipinski definition) is 2. The van der Waals surface area contributed by atoms with Crippen LogP contribution in [0.1, 0.15) is 40.0 Å². The highest BCUT2D eigenvalue weighted by Gasteiger charge is 2.20. The van der Waals surface area contributed by atoms with Gasteiger partial charge in [-0.1, -0.05) is 19.9 Å². The quantitative estimate of drug-likeness (QED) is 0.313. The van der Waals surface area contributed by atoms with E-state index in [9.17, 15) is 0 Å². The molecule has 2 unspecified atom stereocenters. The fourth-order valence-electron chi connectivity index (χ4n) is 3.12. The molecular weight excluding hydrogens is 260 g/mol. The average molecular weight is 294 g/mol. The number of guanidine groups is 1. The molecule has 1 aliphatic heterocycles. The Labute approximate surface area is 131 Å². The summed E-state index contributed by atoms with van der Waals surface area (Å²) in [5.74, 6) is 2.61. The second kappa shape index (κ2) is 10.7. The molecule has 0 aromatic carbocycles. The molecule has 2 atom stereocenters. The maximum atomic E-state index is 4.59. The summed E-state index contributed by atoms with van der Waals surface area (Å²) in [6, 6.07) is 0.